The molecule has 0 radical (unpaired) electrons. The fourth-order valence-electron chi connectivity index (χ4n) is 2.84. The maximum Gasteiger partial charge on any atom is 0.191 e. The molecule has 146 valence electrons. The van der Waals surface area contributed by atoms with Gasteiger partial charge in [0.15, 0.2) is 5.96 Å². The van der Waals surface area contributed by atoms with E-state index in [2.05, 4.69) is 30.5 Å². The molecular formula is C18H24ClIN6O. The zero-order chi connectivity index (χ0) is 18.2. The van der Waals surface area contributed by atoms with Crippen molar-refractivity contribution in [1.29, 1.82) is 0 Å². The van der Waals surface area contributed by atoms with E-state index in [0.717, 1.165) is 37.0 Å². The van der Waals surface area contributed by atoms with Crippen LogP contribution in [0.25, 0.3) is 0 Å². The molecule has 9 heteroatoms. The quantitative estimate of drug-likeness (QED) is 0.274. The lowest BCUT2D eigenvalue weighted by Crippen LogP contribution is -2.45. The summed E-state index contributed by atoms with van der Waals surface area (Å²) in [4.78, 5) is 14.9. The van der Waals surface area contributed by atoms with Gasteiger partial charge in [0.25, 0.3) is 0 Å². The van der Waals surface area contributed by atoms with Gasteiger partial charge in [-0.15, -0.1) is 24.0 Å². The smallest absolute Gasteiger partial charge is 0.191 e. The summed E-state index contributed by atoms with van der Waals surface area (Å²) in [7, 11) is 1.76. The van der Waals surface area contributed by atoms with Crippen LogP contribution in [0.4, 0.5) is 5.82 Å². The molecule has 1 aliphatic heterocycles. The van der Waals surface area contributed by atoms with Gasteiger partial charge < -0.3 is 20.3 Å². The Labute approximate surface area is 181 Å². The molecule has 3 rings (SSSR count). The Morgan fingerprint density at radius 1 is 1.37 bits per heavy atom. The minimum atomic E-state index is 0. The fraction of sp³-hybridized carbons (Fsp3) is 0.389. The summed E-state index contributed by atoms with van der Waals surface area (Å²) in [6.45, 7) is 2.93. The summed E-state index contributed by atoms with van der Waals surface area (Å²) in [6, 6.07) is 7.74. The van der Waals surface area contributed by atoms with Gasteiger partial charge in [-0.2, -0.15) is 0 Å². The summed E-state index contributed by atoms with van der Waals surface area (Å²) in [5, 5.41) is 7.39. The number of nitrogens with one attached hydrogen (secondary N) is 2. The van der Waals surface area contributed by atoms with Crippen molar-refractivity contribution in [2.75, 3.05) is 38.2 Å². The predicted molar refractivity (Wildman–Crippen MR) is 120 cm³/mol. The molecule has 1 atom stereocenters. The molecule has 0 spiro atoms. The van der Waals surface area contributed by atoms with Crippen molar-refractivity contribution in [3.05, 3.63) is 47.9 Å². The van der Waals surface area contributed by atoms with Gasteiger partial charge in [-0.25, -0.2) is 4.98 Å². The van der Waals surface area contributed by atoms with Crippen molar-refractivity contribution in [2.45, 2.75) is 12.5 Å². The molecule has 1 fully saturated rings. The molecule has 0 amide bonds. The maximum atomic E-state index is 6.24. The van der Waals surface area contributed by atoms with E-state index < -0.39 is 0 Å². The number of rotatable bonds is 6. The lowest BCUT2D eigenvalue weighted by atomic mass is 10.3. The van der Waals surface area contributed by atoms with Gasteiger partial charge in [0.1, 0.15) is 18.2 Å². The van der Waals surface area contributed by atoms with Crippen LogP contribution in [0.15, 0.2) is 47.8 Å². The fourth-order valence-corrected chi connectivity index (χ4v) is 3.08. The van der Waals surface area contributed by atoms with Crippen molar-refractivity contribution in [3.8, 4) is 5.75 Å². The van der Waals surface area contributed by atoms with Crippen molar-refractivity contribution in [3.63, 3.8) is 0 Å². The Morgan fingerprint density at radius 3 is 2.96 bits per heavy atom. The SMILES string of the molecule is CN=C(NCCOc1cccnc1)NC1CCN(c2ncccc2Cl)C1.I. The molecule has 2 aromatic rings. The lowest BCUT2D eigenvalue weighted by Gasteiger charge is -2.20. The molecule has 27 heavy (non-hydrogen) atoms. The summed E-state index contributed by atoms with van der Waals surface area (Å²) in [5.74, 6) is 2.36. The Balaban J connectivity index is 0.00000261. The van der Waals surface area contributed by atoms with E-state index in [1.54, 1.807) is 25.6 Å². The number of anilines is 1. The number of guanidine groups is 1. The average Bonchev–Trinajstić information content (AvgIpc) is 3.13. The summed E-state index contributed by atoms with van der Waals surface area (Å²) in [6.07, 6.45) is 6.19. The largest absolute Gasteiger partial charge is 0.490 e. The van der Waals surface area contributed by atoms with E-state index in [-0.39, 0.29) is 24.0 Å². The Bertz CT molecular complexity index is 733. The molecule has 1 aliphatic rings. The van der Waals surface area contributed by atoms with Gasteiger partial charge in [-0.3, -0.25) is 9.98 Å². The van der Waals surface area contributed by atoms with Crippen LogP contribution in [0.2, 0.25) is 5.02 Å². The molecule has 1 unspecified atom stereocenters. The molecule has 0 aromatic carbocycles. The summed E-state index contributed by atoms with van der Waals surface area (Å²) in [5.41, 5.74) is 0. The average molecular weight is 503 g/mol. The highest BCUT2D eigenvalue weighted by Crippen LogP contribution is 2.25. The molecule has 3 heterocycles. The summed E-state index contributed by atoms with van der Waals surface area (Å²) < 4.78 is 5.62. The Kier molecular flexibility index (Phi) is 8.86. The summed E-state index contributed by atoms with van der Waals surface area (Å²) >= 11 is 6.24. The highest BCUT2D eigenvalue weighted by atomic mass is 127. The molecule has 0 aliphatic carbocycles. The molecule has 2 N–H and O–H groups in total. The van der Waals surface area contributed by atoms with Gasteiger partial charge in [0, 0.05) is 38.6 Å². The number of hydrogen-bond donors (Lipinski definition) is 2. The third kappa shape index (κ3) is 6.39. The first-order chi connectivity index (χ1) is 12.8. The Morgan fingerprint density at radius 2 is 2.22 bits per heavy atom. The predicted octanol–water partition coefficient (Wildman–Crippen LogP) is 2.57. The first kappa shape index (κ1) is 21.5. The highest BCUT2D eigenvalue weighted by Gasteiger charge is 2.25. The topological polar surface area (TPSA) is 74.7 Å². The third-order valence-electron chi connectivity index (χ3n) is 4.09. The zero-order valence-electron chi connectivity index (χ0n) is 15.1. The van der Waals surface area contributed by atoms with Gasteiger partial charge >= 0.3 is 0 Å². The molecule has 0 bridgehead atoms. The first-order valence-electron chi connectivity index (χ1n) is 8.61. The number of ether oxygens (including phenoxy) is 1. The standard InChI is InChI=1S/C18H23ClN6O.HI/c1-20-18(23-9-11-26-15-4-2-7-21-12-15)24-14-6-10-25(13-14)17-16(19)5-3-8-22-17;/h2-5,7-8,12,14H,6,9-11,13H2,1H3,(H2,20,23,24);1H. The van der Waals surface area contributed by atoms with Crippen molar-refractivity contribution in [1.82, 2.24) is 20.6 Å². The minimum Gasteiger partial charge on any atom is -0.490 e. The van der Waals surface area contributed by atoms with Crippen LogP contribution in [0.5, 0.6) is 5.75 Å². The van der Waals surface area contributed by atoms with Crippen LogP contribution < -0.4 is 20.3 Å². The number of halogens is 2. The van der Waals surface area contributed by atoms with Gasteiger partial charge in [-0.05, 0) is 30.7 Å². The van der Waals surface area contributed by atoms with E-state index >= 15 is 0 Å². The van der Waals surface area contributed by atoms with Gasteiger partial charge in [0.05, 0.1) is 17.8 Å². The van der Waals surface area contributed by atoms with E-state index in [1.807, 2.05) is 24.3 Å². The van der Waals surface area contributed by atoms with Crippen LogP contribution in [-0.2, 0) is 0 Å². The molecule has 2 aromatic heterocycles. The highest BCUT2D eigenvalue weighted by molar-refractivity contribution is 14.0. The minimum absolute atomic E-state index is 0. The normalized spacial score (nSPS) is 16.6. The van der Waals surface area contributed by atoms with Crippen molar-refractivity contribution < 1.29 is 4.74 Å². The molecule has 1 saturated heterocycles. The Hall–Kier alpha value is -1.81. The van der Waals surface area contributed by atoms with Crippen molar-refractivity contribution >= 4 is 47.4 Å². The maximum absolute atomic E-state index is 6.24. The van der Waals surface area contributed by atoms with E-state index in [4.69, 9.17) is 16.3 Å². The molecule has 0 saturated carbocycles. The number of aliphatic imine (C=N–C) groups is 1. The van der Waals surface area contributed by atoms with E-state index in [0.29, 0.717) is 24.2 Å². The van der Waals surface area contributed by atoms with Gasteiger partial charge in [0.2, 0.25) is 0 Å². The monoisotopic (exact) mass is 502 g/mol. The number of hydrogen-bond acceptors (Lipinski definition) is 5. The van der Waals surface area contributed by atoms with Crippen molar-refractivity contribution in [2.24, 2.45) is 4.99 Å². The second-order valence-corrected chi connectivity index (χ2v) is 6.33. The number of aromatic nitrogens is 2. The number of pyridine rings is 2. The van der Waals surface area contributed by atoms with Crippen LogP contribution in [0.1, 0.15) is 6.42 Å². The lowest BCUT2D eigenvalue weighted by molar-refractivity contribution is 0.320. The first-order valence-corrected chi connectivity index (χ1v) is 8.99. The van der Waals surface area contributed by atoms with E-state index in [9.17, 15) is 0 Å². The second kappa shape index (κ2) is 11.1. The third-order valence-corrected chi connectivity index (χ3v) is 4.38. The number of nitrogens with zero attached hydrogens (tertiary/aromatic N) is 4. The van der Waals surface area contributed by atoms with Crippen LogP contribution in [0.3, 0.4) is 0 Å². The second-order valence-electron chi connectivity index (χ2n) is 5.92. The van der Waals surface area contributed by atoms with Crippen LogP contribution in [-0.4, -0.2) is 55.3 Å². The van der Waals surface area contributed by atoms with Crippen LogP contribution in [0, 0.1) is 0 Å². The van der Waals surface area contributed by atoms with Crippen LogP contribution >= 0.6 is 35.6 Å². The van der Waals surface area contributed by atoms with E-state index in [1.165, 1.54) is 0 Å². The molecule has 7 nitrogen and oxygen atoms in total. The zero-order valence-corrected chi connectivity index (χ0v) is 18.2. The van der Waals surface area contributed by atoms with Gasteiger partial charge in [-0.1, -0.05) is 11.6 Å². The molecular weight excluding hydrogens is 479 g/mol.